The number of carboxylic acids is 1. The highest BCUT2D eigenvalue weighted by Crippen LogP contribution is 2.43. The van der Waals surface area contributed by atoms with Crippen LogP contribution in [0.4, 0.5) is 13.2 Å². The van der Waals surface area contributed by atoms with Gasteiger partial charge in [-0.3, -0.25) is 9.59 Å². The Balaban J connectivity index is 4.94. The summed E-state index contributed by atoms with van der Waals surface area (Å²) in [5, 5.41) is 8.75. The Hall–Kier alpha value is -1.27. The summed E-state index contributed by atoms with van der Waals surface area (Å²) < 4.78 is 43.2. The molecule has 0 spiro atoms. The molecule has 0 aliphatic rings. The number of carboxylic acid groups (broad SMARTS) is 1. The zero-order valence-corrected chi connectivity index (χ0v) is 11.9. The number of aliphatic carboxylic acids is 1. The molecule has 2 unspecified atom stereocenters. The topological polar surface area (TPSA) is 63.6 Å². The Bertz CT molecular complexity index is 341. The van der Waals surface area contributed by atoms with E-state index in [1.165, 1.54) is 0 Å². The Morgan fingerprint density at radius 3 is 2.20 bits per heavy atom. The summed E-state index contributed by atoms with van der Waals surface area (Å²) >= 11 is 0. The molecule has 0 aromatic carbocycles. The summed E-state index contributed by atoms with van der Waals surface area (Å²) in [5.41, 5.74) is -2.11. The fourth-order valence-electron chi connectivity index (χ4n) is 1.76. The molecule has 7 heteroatoms. The van der Waals surface area contributed by atoms with Gasteiger partial charge < -0.3 is 9.84 Å². The molecular weight excluding hydrogens is 277 g/mol. The van der Waals surface area contributed by atoms with Crippen LogP contribution in [0.25, 0.3) is 0 Å². The van der Waals surface area contributed by atoms with Crippen LogP contribution < -0.4 is 0 Å². The second-order valence-electron chi connectivity index (χ2n) is 5.09. The number of hydrogen-bond donors (Lipinski definition) is 1. The summed E-state index contributed by atoms with van der Waals surface area (Å²) in [6, 6.07) is 0. The molecule has 0 heterocycles. The summed E-state index contributed by atoms with van der Waals surface area (Å²) in [4.78, 5) is 22.6. The zero-order valence-electron chi connectivity index (χ0n) is 11.9. The third-order valence-corrected chi connectivity index (χ3v) is 3.41. The first-order valence-electron chi connectivity index (χ1n) is 6.51. The van der Waals surface area contributed by atoms with Gasteiger partial charge in [0.25, 0.3) is 0 Å². The largest absolute Gasteiger partial charge is 0.481 e. The van der Waals surface area contributed by atoms with Crippen LogP contribution in [-0.4, -0.2) is 29.8 Å². The number of carbonyl (C=O) groups is 2. The smallest absolute Gasteiger partial charge is 0.392 e. The van der Waals surface area contributed by atoms with Crippen LogP contribution >= 0.6 is 0 Å². The van der Waals surface area contributed by atoms with Crippen molar-refractivity contribution in [1.29, 1.82) is 0 Å². The normalized spacial score (nSPS) is 16.3. The first-order valence-corrected chi connectivity index (χ1v) is 6.51. The Kier molecular flexibility index (Phi) is 7.02. The fourth-order valence-corrected chi connectivity index (χ4v) is 1.76. The third kappa shape index (κ3) is 5.38. The van der Waals surface area contributed by atoms with Crippen LogP contribution in [0.3, 0.4) is 0 Å². The number of alkyl halides is 3. The van der Waals surface area contributed by atoms with Crippen LogP contribution in [-0.2, 0) is 14.3 Å². The van der Waals surface area contributed by atoms with Gasteiger partial charge in [-0.1, -0.05) is 26.7 Å². The van der Waals surface area contributed by atoms with Gasteiger partial charge >= 0.3 is 18.1 Å². The summed E-state index contributed by atoms with van der Waals surface area (Å²) in [5.74, 6) is -4.67. The molecule has 20 heavy (non-hydrogen) atoms. The highest BCUT2D eigenvalue weighted by molar-refractivity contribution is 5.82. The number of ether oxygens (including phenoxy) is 1. The van der Waals surface area contributed by atoms with Crippen LogP contribution in [0.1, 0.15) is 46.5 Å². The first-order chi connectivity index (χ1) is 9.05. The van der Waals surface area contributed by atoms with Crippen molar-refractivity contribution in [3.8, 4) is 0 Å². The molecule has 4 nitrogen and oxygen atoms in total. The second-order valence-corrected chi connectivity index (χ2v) is 5.09. The molecule has 0 aliphatic heterocycles. The van der Waals surface area contributed by atoms with Crippen molar-refractivity contribution in [1.82, 2.24) is 0 Å². The number of unbranched alkanes of at least 4 members (excludes halogenated alkanes) is 2. The molecule has 0 fully saturated rings. The Morgan fingerprint density at radius 2 is 1.80 bits per heavy atom. The maximum Gasteiger partial charge on any atom is 0.392 e. The molecule has 0 aromatic heterocycles. The molecule has 0 aliphatic carbocycles. The molecule has 0 radical (unpaired) electrons. The lowest BCUT2D eigenvalue weighted by Gasteiger charge is -2.33. The van der Waals surface area contributed by atoms with Crippen molar-refractivity contribution in [3.05, 3.63) is 0 Å². The molecule has 0 rings (SSSR count). The van der Waals surface area contributed by atoms with Gasteiger partial charge in [0.05, 0.1) is 24.4 Å². The molecule has 0 aromatic rings. The van der Waals surface area contributed by atoms with Crippen molar-refractivity contribution in [3.63, 3.8) is 0 Å². The van der Waals surface area contributed by atoms with Crippen molar-refractivity contribution >= 4 is 11.9 Å². The number of esters is 1. The van der Waals surface area contributed by atoms with E-state index in [9.17, 15) is 22.8 Å². The van der Waals surface area contributed by atoms with Gasteiger partial charge in [0.15, 0.2) is 0 Å². The van der Waals surface area contributed by atoms with Gasteiger partial charge in [0.1, 0.15) is 0 Å². The zero-order chi connectivity index (χ0) is 16.0. The molecule has 2 atom stereocenters. The van der Waals surface area contributed by atoms with Crippen LogP contribution in [0.5, 0.6) is 0 Å². The average Bonchev–Trinajstić information content (AvgIpc) is 2.31. The minimum atomic E-state index is -4.66. The number of carbonyl (C=O) groups excluding carboxylic acids is 1. The van der Waals surface area contributed by atoms with E-state index in [1.54, 1.807) is 0 Å². The molecule has 1 N–H and O–H groups in total. The van der Waals surface area contributed by atoms with Gasteiger partial charge in [-0.25, -0.2) is 0 Å². The van der Waals surface area contributed by atoms with Gasteiger partial charge in [-0.2, -0.15) is 13.2 Å². The standard InChI is InChI=1S/C13H21F3O4/c1-4-5-6-7-20-11(19)12(3,8-10(17)18)9(2)13(14,15)16/h9H,4-8H2,1-3H3,(H,17,18). The van der Waals surface area contributed by atoms with Crippen LogP contribution in [0, 0.1) is 11.3 Å². The number of hydrogen-bond acceptors (Lipinski definition) is 3. The van der Waals surface area contributed by atoms with Gasteiger partial charge in [0.2, 0.25) is 0 Å². The quantitative estimate of drug-likeness (QED) is 0.551. The first kappa shape index (κ1) is 18.7. The van der Waals surface area contributed by atoms with Crippen LogP contribution in [0.2, 0.25) is 0 Å². The van der Waals surface area contributed by atoms with E-state index in [0.717, 1.165) is 26.7 Å². The van der Waals surface area contributed by atoms with E-state index < -0.39 is 35.9 Å². The monoisotopic (exact) mass is 298 g/mol. The van der Waals surface area contributed by atoms with E-state index in [0.29, 0.717) is 6.42 Å². The number of rotatable bonds is 8. The molecule has 118 valence electrons. The lowest BCUT2D eigenvalue weighted by Crippen LogP contribution is -2.44. The van der Waals surface area contributed by atoms with Crippen molar-refractivity contribution < 1.29 is 32.6 Å². The van der Waals surface area contributed by atoms with Crippen molar-refractivity contribution in [2.24, 2.45) is 11.3 Å². The highest BCUT2D eigenvalue weighted by Gasteiger charge is 2.54. The SMILES string of the molecule is CCCCCOC(=O)C(C)(CC(=O)O)C(C)C(F)(F)F. The molecule has 0 bridgehead atoms. The molecule has 0 saturated carbocycles. The minimum absolute atomic E-state index is 0.00641. The van der Waals surface area contributed by atoms with Gasteiger partial charge in [-0.15, -0.1) is 0 Å². The average molecular weight is 298 g/mol. The summed E-state index contributed by atoms with van der Waals surface area (Å²) in [7, 11) is 0. The predicted molar refractivity (Wildman–Crippen MR) is 66.1 cm³/mol. The van der Waals surface area contributed by atoms with Gasteiger partial charge in [0, 0.05) is 0 Å². The van der Waals surface area contributed by atoms with Gasteiger partial charge in [-0.05, 0) is 13.3 Å². The van der Waals surface area contributed by atoms with E-state index in [-0.39, 0.29) is 6.61 Å². The van der Waals surface area contributed by atoms with Crippen LogP contribution in [0.15, 0.2) is 0 Å². The molecular formula is C13H21F3O4. The van der Waals surface area contributed by atoms with E-state index >= 15 is 0 Å². The maximum absolute atomic E-state index is 12.8. The lowest BCUT2D eigenvalue weighted by atomic mass is 9.75. The Labute approximate surface area is 116 Å². The van der Waals surface area contributed by atoms with E-state index in [2.05, 4.69) is 0 Å². The van der Waals surface area contributed by atoms with Crippen molar-refractivity contribution in [2.75, 3.05) is 6.61 Å². The predicted octanol–water partition coefficient (Wildman–Crippen LogP) is 3.40. The Morgan fingerprint density at radius 1 is 1.25 bits per heavy atom. The molecule has 0 amide bonds. The van der Waals surface area contributed by atoms with E-state index in [4.69, 9.17) is 9.84 Å². The second kappa shape index (κ2) is 7.50. The van der Waals surface area contributed by atoms with E-state index in [1.807, 2.05) is 6.92 Å². The maximum atomic E-state index is 12.8. The molecule has 0 saturated heterocycles. The third-order valence-electron chi connectivity index (χ3n) is 3.41. The summed E-state index contributed by atoms with van der Waals surface area (Å²) in [6.07, 6.45) is -3.36. The lowest BCUT2D eigenvalue weighted by molar-refractivity contribution is -0.212. The minimum Gasteiger partial charge on any atom is -0.481 e. The number of halogens is 3. The summed E-state index contributed by atoms with van der Waals surface area (Å²) in [6.45, 7) is 3.73. The fraction of sp³-hybridized carbons (Fsp3) is 0.846. The highest BCUT2D eigenvalue weighted by atomic mass is 19.4. The van der Waals surface area contributed by atoms with Crippen molar-refractivity contribution in [2.45, 2.75) is 52.6 Å².